The fourth-order valence-corrected chi connectivity index (χ4v) is 1.92. The lowest BCUT2D eigenvalue weighted by molar-refractivity contribution is 0.214. The Bertz CT molecular complexity index is 154. The Morgan fingerprint density at radius 2 is 2.00 bits per heavy atom. The van der Waals surface area contributed by atoms with Crippen molar-refractivity contribution < 1.29 is 0 Å². The average Bonchev–Trinajstić information content (AvgIpc) is 2.15. The van der Waals surface area contributed by atoms with E-state index in [-0.39, 0.29) is 0 Å². The molecule has 0 aromatic carbocycles. The highest BCUT2D eigenvalue weighted by Gasteiger charge is 2.22. The molecular formula is C10H18N2. The Kier molecular flexibility index (Phi) is 3.93. The third-order valence-electron chi connectivity index (χ3n) is 2.58. The maximum atomic E-state index is 7.05. The van der Waals surface area contributed by atoms with Crippen molar-refractivity contribution in [1.82, 2.24) is 5.01 Å². The van der Waals surface area contributed by atoms with Crippen molar-refractivity contribution in [3.05, 3.63) is 11.5 Å². The van der Waals surface area contributed by atoms with E-state index >= 15 is 0 Å². The highest BCUT2D eigenvalue weighted by molar-refractivity contribution is 4.77. The summed E-state index contributed by atoms with van der Waals surface area (Å²) in [6, 6.07) is 0.566. The topological polar surface area (TPSA) is 7.60 Å². The molecule has 1 fully saturated rings. The molecule has 0 bridgehead atoms. The van der Waals surface area contributed by atoms with Gasteiger partial charge in [0.05, 0.1) is 12.6 Å². The summed E-state index contributed by atoms with van der Waals surface area (Å²) in [6.45, 7) is 10.1. The Balaban J connectivity index is 2.36. The molecule has 2 nitrogen and oxygen atoms in total. The largest absolute Gasteiger partial charge is 0.184 e. The van der Waals surface area contributed by atoms with E-state index in [1.54, 1.807) is 0 Å². The number of hydrogen-bond donors (Lipinski definition) is 0. The van der Waals surface area contributed by atoms with Crippen molar-refractivity contribution in [3.8, 4) is 0 Å². The molecule has 0 amide bonds. The van der Waals surface area contributed by atoms with Gasteiger partial charge in [-0.2, -0.15) is 11.5 Å². The van der Waals surface area contributed by atoms with Crippen molar-refractivity contribution in [1.29, 1.82) is 0 Å². The van der Waals surface area contributed by atoms with Crippen LogP contribution in [0.2, 0.25) is 0 Å². The number of nitrogens with zero attached hydrogens (tertiary/aromatic N) is 2. The predicted octanol–water partition coefficient (Wildman–Crippen LogP) is 2.87. The molecule has 1 rings (SSSR count). The van der Waals surface area contributed by atoms with Gasteiger partial charge in [-0.15, -0.1) is 5.01 Å². The molecule has 0 aromatic heterocycles. The van der Waals surface area contributed by atoms with Gasteiger partial charge in [0.1, 0.15) is 0 Å². The van der Waals surface area contributed by atoms with Gasteiger partial charge < -0.3 is 0 Å². The highest BCUT2D eigenvalue weighted by atomic mass is 15.4. The molecule has 1 saturated carbocycles. The van der Waals surface area contributed by atoms with E-state index in [2.05, 4.69) is 11.9 Å². The van der Waals surface area contributed by atoms with Crippen LogP contribution in [-0.4, -0.2) is 17.6 Å². The molecule has 0 unspecified atom stereocenters. The van der Waals surface area contributed by atoms with Crippen LogP contribution < -0.4 is 0 Å². The first-order chi connectivity index (χ1) is 5.88. The van der Waals surface area contributed by atoms with E-state index in [4.69, 9.17) is 6.57 Å². The zero-order valence-corrected chi connectivity index (χ0v) is 7.92. The van der Waals surface area contributed by atoms with Gasteiger partial charge in [0.2, 0.25) is 0 Å². The molecule has 0 saturated heterocycles. The smallest absolute Gasteiger partial charge is 0.0968 e. The predicted molar refractivity (Wildman–Crippen MR) is 50.5 cm³/mol. The summed E-state index contributed by atoms with van der Waals surface area (Å²) >= 11 is 0. The van der Waals surface area contributed by atoms with Crippen LogP contribution >= 0.6 is 0 Å². The lowest BCUT2D eigenvalue weighted by atomic mass is 9.95. The molecule has 0 atom stereocenters. The van der Waals surface area contributed by atoms with Crippen LogP contribution in [0.25, 0.3) is 4.95 Å². The Morgan fingerprint density at radius 1 is 1.33 bits per heavy atom. The zero-order chi connectivity index (χ0) is 8.81. The molecule has 1 aliphatic rings. The van der Waals surface area contributed by atoms with Gasteiger partial charge in [-0.05, 0) is 19.3 Å². The first-order valence-corrected chi connectivity index (χ1v) is 5.02. The van der Waals surface area contributed by atoms with E-state index in [9.17, 15) is 0 Å². The van der Waals surface area contributed by atoms with Gasteiger partial charge in [0.25, 0.3) is 0 Å². The second-order valence-corrected chi connectivity index (χ2v) is 3.55. The van der Waals surface area contributed by atoms with E-state index in [0.29, 0.717) is 6.04 Å². The van der Waals surface area contributed by atoms with Crippen molar-refractivity contribution in [3.63, 3.8) is 0 Å². The number of hydrogen-bond acceptors (Lipinski definition) is 1. The molecule has 0 N–H and O–H groups in total. The first kappa shape index (κ1) is 9.38. The monoisotopic (exact) mass is 166 g/mol. The molecule has 1 aliphatic carbocycles. The van der Waals surface area contributed by atoms with Gasteiger partial charge in [-0.1, -0.05) is 26.2 Å². The summed E-state index contributed by atoms with van der Waals surface area (Å²) in [5.74, 6) is 0. The minimum Gasteiger partial charge on any atom is -0.184 e. The van der Waals surface area contributed by atoms with Gasteiger partial charge >= 0.3 is 0 Å². The fraction of sp³-hybridized carbons (Fsp3) is 0.900. The Morgan fingerprint density at radius 3 is 2.50 bits per heavy atom. The van der Waals surface area contributed by atoms with Crippen molar-refractivity contribution >= 4 is 0 Å². The van der Waals surface area contributed by atoms with E-state index in [1.165, 1.54) is 32.1 Å². The van der Waals surface area contributed by atoms with Crippen molar-refractivity contribution in [2.45, 2.75) is 51.5 Å². The second-order valence-electron chi connectivity index (χ2n) is 3.55. The van der Waals surface area contributed by atoms with Crippen molar-refractivity contribution in [2.24, 2.45) is 0 Å². The van der Waals surface area contributed by atoms with Crippen LogP contribution in [-0.2, 0) is 0 Å². The standard InChI is InChI=1S/C10H18N2/c1-3-9-12(11-2)10-7-5-4-6-8-10/h10H,3-9H2,1H3. The minimum absolute atomic E-state index is 0.566. The molecule has 2 heteroatoms. The maximum Gasteiger partial charge on any atom is 0.0968 e. The SMILES string of the molecule is [C-]#[N+]N(CCC)C1CCCCC1. The third-order valence-corrected chi connectivity index (χ3v) is 2.58. The third kappa shape index (κ3) is 2.41. The zero-order valence-electron chi connectivity index (χ0n) is 7.92. The molecule has 0 heterocycles. The summed E-state index contributed by atoms with van der Waals surface area (Å²) < 4.78 is 0. The average molecular weight is 166 g/mol. The van der Waals surface area contributed by atoms with Gasteiger partial charge in [0.15, 0.2) is 0 Å². The van der Waals surface area contributed by atoms with Crippen molar-refractivity contribution in [2.75, 3.05) is 6.54 Å². The lowest BCUT2D eigenvalue weighted by Crippen LogP contribution is -2.31. The number of rotatable bonds is 3. The van der Waals surface area contributed by atoms with Crippen LogP contribution in [0.3, 0.4) is 0 Å². The summed E-state index contributed by atoms with van der Waals surface area (Å²) in [6.07, 6.45) is 7.58. The lowest BCUT2D eigenvalue weighted by Gasteiger charge is -2.24. The maximum absolute atomic E-state index is 7.05. The molecule has 0 aromatic rings. The van der Waals surface area contributed by atoms with Gasteiger partial charge in [0, 0.05) is 0 Å². The second kappa shape index (κ2) is 5.03. The van der Waals surface area contributed by atoms with E-state index in [0.717, 1.165) is 13.0 Å². The van der Waals surface area contributed by atoms with Crippen LogP contribution in [0.5, 0.6) is 0 Å². The molecule has 68 valence electrons. The molecular weight excluding hydrogens is 148 g/mol. The minimum atomic E-state index is 0.566. The summed E-state index contributed by atoms with van der Waals surface area (Å²) in [4.78, 5) is 3.58. The Labute approximate surface area is 75.4 Å². The summed E-state index contributed by atoms with van der Waals surface area (Å²) in [5, 5.41) is 1.96. The van der Waals surface area contributed by atoms with E-state index in [1.807, 2.05) is 5.01 Å². The molecule has 0 spiro atoms. The summed E-state index contributed by atoms with van der Waals surface area (Å²) in [5.41, 5.74) is 0. The van der Waals surface area contributed by atoms with Crippen LogP contribution in [0, 0.1) is 6.57 Å². The normalized spacial score (nSPS) is 18.7. The molecule has 0 radical (unpaired) electrons. The van der Waals surface area contributed by atoms with Crippen LogP contribution in [0.15, 0.2) is 0 Å². The van der Waals surface area contributed by atoms with Crippen LogP contribution in [0.4, 0.5) is 0 Å². The molecule has 12 heavy (non-hydrogen) atoms. The van der Waals surface area contributed by atoms with Crippen LogP contribution in [0.1, 0.15) is 45.4 Å². The highest BCUT2D eigenvalue weighted by Crippen LogP contribution is 2.22. The van der Waals surface area contributed by atoms with E-state index < -0.39 is 0 Å². The summed E-state index contributed by atoms with van der Waals surface area (Å²) in [7, 11) is 0. The first-order valence-electron chi connectivity index (χ1n) is 5.02. The Hall–Kier alpha value is -0.710. The quantitative estimate of drug-likeness (QED) is 0.462. The van der Waals surface area contributed by atoms with Gasteiger partial charge in [-0.25, -0.2) is 0 Å². The fourth-order valence-electron chi connectivity index (χ4n) is 1.92. The van der Waals surface area contributed by atoms with Gasteiger partial charge in [-0.3, -0.25) is 0 Å². The molecule has 0 aliphatic heterocycles.